The molecule has 0 heterocycles. The molecule has 0 aliphatic heterocycles. The van der Waals surface area contributed by atoms with E-state index in [2.05, 4.69) is 11.1 Å². The summed E-state index contributed by atoms with van der Waals surface area (Å²) in [6.45, 7) is 4.71. The molecule has 0 atom stereocenters. The van der Waals surface area contributed by atoms with Crippen LogP contribution in [0.1, 0.15) is 51.9 Å². The van der Waals surface area contributed by atoms with Crippen LogP contribution >= 0.6 is 0 Å². The Hall–Kier alpha value is -0.250. The third-order valence-corrected chi connectivity index (χ3v) is 3.56. The Morgan fingerprint density at radius 3 is 1.61 bits per heavy atom. The lowest BCUT2D eigenvalue weighted by Crippen LogP contribution is -2.13. The average molecular weight is 356 g/mol. The Morgan fingerprint density at radius 1 is 0.652 bits per heavy atom. The summed E-state index contributed by atoms with van der Waals surface area (Å²) in [5.41, 5.74) is 0. The summed E-state index contributed by atoms with van der Waals surface area (Å²) in [7, 11) is -4.37. The van der Waals surface area contributed by atoms with Crippen LogP contribution in [-0.2, 0) is 28.8 Å². The van der Waals surface area contributed by atoms with Crippen molar-refractivity contribution >= 4 is 10.4 Å². The Morgan fingerprint density at radius 2 is 1.09 bits per heavy atom. The van der Waals surface area contributed by atoms with E-state index in [0.29, 0.717) is 26.4 Å². The summed E-state index contributed by atoms with van der Waals surface area (Å²) >= 11 is 0. The predicted molar refractivity (Wildman–Crippen MR) is 88.0 cm³/mol. The predicted octanol–water partition coefficient (Wildman–Crippen LogP) is 2.61. The summed E-state index contributed by atoms with van der Waals surface area (Å²) in [6.07, 6.45) is 8.91. The van der Waals surface area contributed by atoms with Crippen LogP contribution in [0.15, 0.2) is 0 Å². The van der Waals surface area contributed by atoms with Crippen LogP contribution in [0.2, 0.25) is 0 Å². The van der Waals surface area contributed by atoms with Crippen LogP contribution in [0.3, 0.4) is 0 Å². The molecule has 0 radical (unpaired) electrons. The van der Waals surface area contributed by atoms with Crippen molar-refractivity contribution in [3.8, 4) is 0 Å². The van der Waals surface area contributed by atoms with E-state index in [-0.39, 0.29) is 13.2 Å². The number of hydrogen-bond donors (Lipinski definition) is 1. The summed E-state index contributed by atoms with van der Waals surface area (Å²) in [5, 5.41) is 0. The molecule has 0 aliphatic carbocycles. The van der Waals surface area contributed by atoms with Crippen LogP contribution in [0, 0.1) is 0 Å². The molecule has 0 rings (SSSR count). The van der Waals surface area contributed by atoms with Crippen LogP contribution in [0.4, 0.5) is 0 Å². The molecule has 7 nitrogen and oxygen atoms in total. The molecule has 1 N–H and O–H groups in total. The first kappa shape index (κ1) is 22.8. The second kappa shape index (κ2) is 16.6. The maximum absolute atomic E-state index is 10.2. The molecule has 0 saturated carbocycles. The van der Waals surface area contributed by atoms with Gasteiger partial charge in [0.25, 0.3) is 0 Å². The molecule has 8 heteroatoms. The molecule has 0 spiro atoms. The summed E-state index contributed by atoms with van der Waals surface area (Å²) in [4.78, 5) is 0. The van der Waals surface area contributed by atoms with E-state index in [1.165, 1.54) is 38.5 Å². The van der Waals surface area contributed by atoms with Gasteiger partial charge in [-0.2, -0.15) is 8.42 Å². The second-order valence-corrected chi connectivity index (χ2v) is 6.30. The Balaban J connectivity index is 3.03. The van der Waals surface area contributed by atoms with Crippen molar-refractivity contribution in [1.29, 1.82) is 0 Å². The largest absolute Gasteiger partial charge is 0.397 e. The number of rotatable bonds is 18. The van der Waals surface area contributed by atoms with Crippen molar-refractivity contribution in [2.24, 2.45) is 0 Å². The average Bonchev–Trinajstić information content (AvgIpc) is 2.49. The molecule has 0 fully saturated rings. The van der Waals surface area contributed by atoms with Crippen molar-refractivity contribution in [1.82, 2.24) is 0 Å². The number of unbranched alkanes of at least 4 members (excludes halogenated alkanes) is 6. The van der Waals surface area contributed by atoms with Gasteiger partial charge in [-0.15, -0.1) is 0 Å². The highest BCUT2D eigenvalue weighted by atomic mass is 32.3. The molecule has 0 aromatic heterocycles. The monoisotopic (exact) mass is 356 g/mol. The van der Waals surface area contributed by atoms with Crippen LogP contribution in [-0.4, -0.2) is 59.2 Å². The van der Waals surface area contributed by atoms with Gasteiger partial charge in [0.1, 0.15) is 0 Å². The highest BCUT2D eigenvalue weighted by Crippen LogP contribution is 2.06. The molecule has 0 unspecified atom stereocenters. The van der Waals surface area contributed by atoms with E-state index in [1.54, 1.807) is 0 Å². The molecular formula is C15H32O7S. The van der Waals surface area contributed by atoms with Gasteiger partial charge in [0, 0.05) is 6.61 Å². The fourth-order valence-corrected chi connectivity index (χ4v) is 2.18. The Labute approximate surface area is 140 Å². The van der Waals surface area contributed by atoms with Gasteiger partial charge in [0.05, 0.1) is 39.6 Å². The van der Waals surface area contributed by atoms with E-state index in [9.17, 15) is 8.42 Å². The van der Waals surface area contributed by atoms with Gasteiger partial charge in [-0.05, 0) is 6.42 Å². The van der Waals surface area contributed by atoms with Gasteiger partial charge in [0.2, 0.25) is 0 Å². The normalized spacial score (nSPS) is 11.9. The fraction of sp³-hybridized carbons (Fsp3) is 1.00. The summed E-state index contributed by atoms with van der Waals surface area (Å²) in [6, 6.07) is 0. The first-order valence-electron chi connectivity index (χ1n) is 8.41. The molecule has 0 aliphatic rings. The minimum atomic E-state index is -4.37. The van der Waals surface area contributed by atoms with E-state index in [4.69, 9.17) is 18.8 Å². The van der Waals surface area contributed by atoms with Gasteiger partial charge in [0.15, 0.2) is 0 Å². The van der Waals surface area contributed by atoms with Gasteiger partial charge < -0.3 is 14.2 Å². The first-order chi connectivity index (χ1) is 11.1. The third-order valence-electron chi connectivity index (χ3n) is 3.10. The van der Waals surface area contributed by atoms with E-state index in [0.717, 1.165) is 13.0 Å². The minimum absolute atomic E-state index is 0.0813. The van der Waals surface area contributed by atoms with E-state index < -0.39 is 10.4 Å². The van der Waals surface area contributed by atoms with Crippen LogP contribution < -0.4 is 0 Å². The van der Waals surface area contributed by atoms with Gasteiger partial charge >= 0.3 is 10.4 Å². The highest BCUT2D eigenvalue weighted by Gasteiger charge is 2.02. The minimum Gasteiger partial charge on any atom is -0.379 e. The molecule has 0 bridgehead atoms. The summed E-state index contributed by atoms with van der Waals surface area (Å²) in [5.74, 6) is 0. The van der Waals surface area contributed by atoms with Crippen molar-refractivity contribution in [3.63, 3.8) is 0 Å². The second-order valence-electron chi connectivity index (χ2n) is 5.21. The highest BCUT2D eigenvalue weighted by molar-refractivity contribution is 7.80. The standard InChI is InChI=1S/C15H32O7S/c1-2-3-4-5-6-7-8-9-19-10-11-20-12-13-21-14-15-22-23(16,17)18/h2-15H2,1H3,(H,16,17,18). The summed E-state index contributed by atoms with van der Waals surface area (Å²) < 4.78 is 48.7. The van der Waals surface area contributed by atoms with Crippen molar-refractivity contribution in [2.75, 3.05) is 46.2 Å². The fourth-order valence-electron chi connectivity index (χ4n) is 1.90. The molecule has 0 aromatic carbocycles. The SMILES string of the molecule is CCCCCCCCCOCCOCCOCCOS(=O)(=O)O. The molecule has 0 amide bonds. The lowest BCUT2D eigenvalue weighted by molar-refractivity contribution is 0.00854. The van der Waals surface area contributed by atoms with Gasteiger partial charge in [-0.3, -0.25) is 4.55 Å². The van der Waals surface area contributed by atoms with Crippen molar-refractivity contribution < 1.29 is 31.4 Å². The molecule has 0 aromatic rings. The quantitative estimate of drug-likeness (QED) is 0.298. The van der Waals surface area contributed by atoms with Crippen molar-refractivity contribution in [3.05, 3.63) is 0 Å². The van der Waals surface area contributed by atoms with Crippen LogP contribution in [0.25, 0.3) is 0 Å². The van der Waals surface area contributed by atoms with Crippen molar-refractivity contribution in [2.45, 2.75) is 51.9 Å². The number of ether oxygens (including phenoxy) is 3. The molecule has 0 saturated heterocycles. The molecule has 23 heavy (non-hydrogen) atoms. The van der Waals surface area contributed by atoms with E-state index in [1.807, 2.05) is 0 Å². The zero-order valence-electron chi connectivity index (χ0n) is 14.2. The Kier molecular flexibility index (Phi) is 16.4. The first-order valence-corrected chi connectivity index (χ1v) is 9.78. The third kappa shape index (κ3) is 21.8. The van der Waals surface area contributed by atoms with Crippen LogP contribution in [0.5, 0.6) is 0 Å². The zero-order valence-corrected chi connectivity index (χ0v) is 15.0. The lowest BCUT2D eigenvalue weighted by atomic mass is 10.1. The number of hydrogen-bond acceptors (Lipinski definition) is 6. The van der Waals surface area contributed by atoms with Gasteiger partial charge in [-0.25, -0.2) is 4.18 Å². The Bertz CT molecular complexity index is 333. The maximum atomic E-state index is 10.2. The zero-order chi connectivity index (χ0) is 17.2. The smallest absolute Gasteiger partial charge is 0.379 e. The van der Waals surface area contributed by atoms with E-state index >= 15 is 0 Å². The topological polar surface area (TPSA) is 91.3 Å². The lowest BCUT2D eigenvalue weighted by Gasteiger charge is -2.07. The maximum Gasteiger partial charge on any atom is 0.397 e. The molecule has 140 valence electrons. The molecular weight excluding hydrogens is 324 g/mol. The van der Waals surface area contributed by atoms with Gasteiger partial charge in [-0.1, -0.05) is 45.4 Å².